The van der Waals surface area contributed by atoms with Crippen LogP contribution in [-0.4, -0.2) is 19.2 Å². The number of ether oxygens (including phenoxy) is 1. The molecule has 1 N–H and O–H groups in total. The van der Waals surface area contributed by atoms with Crippen molar-refractivity contribution in [3.63, 3.8) is 0 Å². The number of carbonyl (C=O) groups excluding carboxylic acids is 1. The molecule has 0 aliphatic carbocycles. The van der Waals surface area contributed by atoms with Crippen LogP contribution in [-0.2, 0) is 11.2 Å². The van der Waals surface area contributed by atoms with E-state index >= 15 is 0 Å². The van der Waals surface area contributed by atoms with Crippen LogP contribution in [0.4, 0.5) is 0 Å². The molecule has 2 aromatic rings. The van der Waals surface area contributed by atoms with E-state index in [9.17, 15) is 4.79 Å². The van der Waals surface area contributed by atoms with E-state index in [1.54, 1.807) is 13.3 Å². The van der Waals surface area contributed by atoms with Gasteiger partial charge in [-0.2, -0.15) is 5.10 Å². The van der Waals surface area contributed by atoms with Crippen LogP contribution in [0.1, 0.15) is 11.1 Å². The molecule has 0 unspecified atom stereocenters. The highest BCUT2D eigenvalue weighted by Crippen LogP contribution is 2.12. The summed E-state index contributed by atoms with van der Waals surface area (Å²) in [4.78, 5) is 11.8. The summed E-state index contributed by atoms with van der Waals surface area (Å²) in [6.07, 6.45) is 1.89. The predicted octanol–water partition coefficient (Wildman–Crippen LogP) is 3.15. The fourth-order valence-corrected chi connectivity index (χ4v) is 2.15. The first-order chi connectivity index (χ1) is 10.2. The van der Waals surface area contributed by atoms with Gasteiger partial charge in [0.2, 0.25) is 5.91 Å². The Morgan fingerprint density at radius 3 is 2.71 bits per heavy atom. The van der Waals surface area contributed by atoms with E-state index in [-0.39, 0.29) is 12.3 Å². The fourth-order valence-electron chi connectivity index (χ4n) is 1.73. The first kappa shape index (κ1) is 15.3. The lowest BCUT2D eigenvalue weighted by Crippen LogP contribution is -2.19. The zero-order chi connectivity index (χ0) is 15.1. The fraction of sp³-hybridized carbons (Fsp3) is 0.125. The molecule has 2 aromatic carbocycles. The Hall–Kier alpha value is -2.14. The minimum absolute atomic E-state index is 0.161. The average molecular weight is 347 g/mol. The van der Waals surface area contributed by atoms with E-state index in [4.69, 9.17) is 4.74 Å². The Morgan fingerprint density at radius 1 is 1.29 bits per heavy atom. The molecule has 0 aliphatic rings. The van der Waals surface area contributed by atoms with Crippen LogP contribution in [0.25, 0.3) is 0 Å². The van der Waals surface area contributed by atoms with Crippen molar-refractivity contribution in [2.75, 3.05) is 7.11 Å². The lowest BCUT2D eigenvalue weighted by atomic mass is 10.1. The Morgan fingerprint density at radius 2 is 2.05 bits per heavy atom. The molecular formula is C16H15BrN2O2. The van der Waals surface area contributed by atoms with Crippen LogP contribution in [0.5, 0.6) is 5.75 Å². The van der Waals surface area contributed by atoms with Gasteiger partial charge in [-0.25, -0.2) is 5.43 Å². The van der Waals surface area contributed by atoms with Gasteiger partial charge in [0.15, 0.2) is 0 Å². The maximum atomic E-state index is 11.8. The quantitative estimate of drug-likeness (QED) is 0.667. The van der Waals surface area contributed by atoms with Crippen molar-refractivity contribution in [1.82, 2.24) is 5.43 Å². The van der Waals surface area contributed by atoms with Gasteiger partial charge in [0.1, 0.15) is 5.75 Å². The average Bonchev–Trinajstić information content (AvgIpc) is 2.48. The van der Waals surface area contributed by atoms with Gasteiger partial charge in [0, 0.05) is 4.47 Å². The summed E-state index contributed by atoms with van der Waals surface area (Å²) in [6.45, 7) is 0. The third-order valence-electron chi connectivity index (χ3n) is 2.78. The highest BCUT2D eigenvalue weighted by molar-refractivity contribution is 9.10. The summed E-state index contributed by atoms with van der Waals surface area (Å²) in [5.74, 6) is 0.609. The van der Waals surface area contributed by atoms with Crippen molar-refractivity contribution in [2.45, 2.75) is 6.42 Å². The molecule has 0 fully saturated rings. The molecule has 0 aromatic heterocycles. The molecule has 2 rings (SSSR count). The van der Waals surface area contributed by atoms with E-state index in [2.05, 4.69) is 26.5 Å². The first-order valence-corrected chi connectivity index (χ1v) is 7.17. The third kappa shape index (κ3) is 5.04. The standard InChI is InChI=1S/C16H15BrN2O2/c1-21-15-7-5-12(6-8-15)10-16(20)19-18-11-13-3-2-4-14(17)9-13/h2-9,11H,10H2,1H3,(H,19,20). The van der Waals surface area contributed by atoms with Crippen molar-refractivity contribution < 1.29 is 9.53 Å². The molecule has 21 heavy (non-hydrogen) atoms. The second-order valence-electron chi connectivity index (χ2n) is 4.37. The van der Waals surface area contributed by atoms with Crippen LogP contribution in [0, 0.1) is 0 Å². The number of nitrogens with one attached hydrogen (secondary N) is 1. The molecule has 5 heteroatoms. The number of halogens is 1. The number of hydrogen-bond acceptors (Lipinski definition) is 3. The van der Waals surface area contributed by atoms with Crippen LogP contribution < -0.4 is 10.2 Å². The molecule has 0 saturated heterocycles. The number of benzene rings is 2. The van der Waals surface area contributed by atoms with Crippen LogP contribution in [0.15, 0.2) is 58.1 Å². The van der Waals surface area contributed by atoms with Gasteiger partial charge in [0.25, 0.3) is 0 Å². The molecule has 1 amide bonds. The Balaban J connectivity index is 1.86. The molecule has 0 atom stereocenters. The lowest BCUT2D eigenvalue weighted by Gasteiger charge is -2.02. The van der Waals surface area contributed by atoms with Gasteiger partial charge in [-0.15, -0.1) is 0 Å². The Bertz CT molecular complexity index is 639. The highest BCUT2D eigenvalue weighted by atomic mass is 79.9. The van der Waals surface area contributed by atoms with Crippen LogP contribution in [0.2, 0.25) is 0 Å². The maximum Gasteiger partial charge on any atom is 0.244 e. The number of hydrogen-bond donors (Lipinski definition) is 1. The molecule has 108 valence electrons. The number of nitrogens with zero attached hydrogens (tertiary/aromatic N) is 1. The number of hydrazone groups is 1. The number of amides is 1. The zero-order valence-corrected chi connectivity index (χ0v) is 13.1. The van der Waals surface area contributed by atoms with E-state index in [0.717, 1.165) is 21.3 Å². The normalized spacial score (nSPS) is 10.6. The maximum absolute atomic E-state index is 11.8. The van der Waals surface area contributed by atoms with E-state index in [1.165, 1.54) is 0 Å². The molecule has 4 nitrogen and oxygen atoms in total. The van der Waals surface area contributed by atoms with E-state index in [0.29, 0.717) is 0 Å². The molecule has 0 heterocycles. The summed E-state index contributed by atoms with van der Waals surface area (Å²) in [7, 11) is 1.61. The van der Waals surface area contributed by atoms with Crippen molar-refractivity contribution in [3.05, 3.63) is 64.1 Å². The van der Waals surface area contributed by atoms with Gasteiger partial charge < -0.3 is 4.74 Å². The Labute approximate surface area is 132 Å². The van der Waals surface area contributed by atoms with Crippen molar-refractivity contribution in [3.8, 4) is 5.75 Å². The van der Waals surface area contributed by atoms with Crippen LogP contribution in [0.3, 0.4) is 0 Å². The summed E-state index contributed by atoms with van der Waals surface area (Å²) in [5.41, 5.74) is 4.33. The smallest absolute Gasteiger partial charge is 0.244 e. The zero-order valence-electron chi connectivity index (χ0n) is 11.5. The molecule has 0 spiro atoms. The molecular weight excluding hydrogens is 332 g/mol. The number of methoxy groups -OCH3 is 1. The van der Waals surface area contributed by atoms with Crippen molar-refractivity contribution in [1.29, 1.82) is 0 Å². The van der Waals surface area contributed by atoms with Gasteiger partial charge in [0.05, 0.1) is 19.7 Å². The summed E-state index contributed by atoms with van der Waals surface area (Å²) < 4.78 is 6.04. The minimum Gasteiger partial charge on any atom is -0.497 e. The van der Waals surface area contributed by atoms with E-state index < -0.39 is 0 Å². The van der Waals surface area contributed by atoms with Crippen molar-refractivity contribution >= 4 is 28.1 Å². The number of carbonyl (C=O) groups is 1. The predicted molar refractivity (Wildman–Crippen MR) is 86.6 cm³/mol. The molecule has 0 saturated carbocycles. The van der Waals surface area contributed by atoms with Crippen LogP contribution >= 0.6 is 15.9 Å². The largest absolute Gasteiger partial charge is 0.497 e. The van der Waals surface area contributed by atoms with Gasteiger partial charge in [-0.1, -0.05) is 40.2 Å². The topological polar surface area (TPSA) is 50.7 Å². The SMILES string of the molecule is COc1ccc(CC(=O)NN=Cc2cccc(Br)c2)cc1. The third-order valence-corrected chi connectivity index (χ3v) is 3.27. The lowest BCUT2D eigenvalue weighted by molar-refractivity contribution is -0.120. The Kier molecular flexibility index (Phi) is 5.51. The van der Waals surface area contributed by atoms with E-state index in [1.807, 2.05) is 48.5 Å². The van der Waals surface area contributed by atoms with Gasteiger partial charge in [-0.05, 0) is 35.4 Å². The monoisotopic (exact) mass is 346 g/mol. The van der Waals surface area contributed by atoms with Crippen molar-refractivity contribution in [2.24, 2.45) is 5.10 Å². The second kappa shape index (κ2) is 7.59. The summed E-state index contributed by atoms with van der Waals surface area (Å²) >= 11 is 3.38. The second-order valence-corrected chi connectivity index (χ2v) is 5.29. The summed E-state index contributed by atoms with van der Waals surface area (Å²) in [5, 5.41) is 3.94. The number of rotatable bonds is 5. The first-order valence-electron chi connectivity index (χ1n) is 6.38. The van der Waals surface area contributed by atoms with Gasteiger partial charge >= 0.3 is 0 Å². The molecule has 0 bridgehead atoms. The summed E-state index contributed by atoms with van der Waals surface area (Å²) in [6, 6.07) is 15.0. The molecule has 0 radical (unpaired) electrons. The minimum atomic E-state index is -0.161. The highest BCUT2D eigenvalue weighted by Gasteiger charge is 2.02. The molecule has 0 aliphatic heterocycles. The van der Waals surface area contributed by atoms with Gasteiger partial charge in [-0.3, -0.25) is 4.79 Å².